The topological polar surface area (TPSA) is 57.2 Å². The molecule has 0 bridgehead atoms. The van der Waals surface area contributed by atoms with Gasteiger partial charge in [0.2, 0.25) is 0 Å². The Labute approximate surface area is 213 Å². The SMILES string of the molecule is CCOc1ccc(C2C=C3c4cc(OC)c(OC)cc4CCN3C3=C2C(=O)CC(C)(C)C3)cc1OC. The zero-order valence-electron chi connectivity index (χ0n) is 22.1. The van der Waals surface area contributed by atoms with Crippen LogP contribution >= 0.6 is 0 Å². The second-order valence-corrected chi connectivity index (χ2v) is 10.4. The number of nitrogens with zero attached hydrogens (tertiary/aromatic N) is 1. The van der Waals surface area contributed by atoms with Gasteiger partial charge in [0, 0.05) is 41.4 Å². The Morgan fingerprint density at radius 1 is 0.944 bits per heavy atom. The molecule has 2 heterocycles. The Kier molecular flexibility index (Phi) is 6.23. The zero-order chi connectivity index (χ0) is 25.6. The monoisotopic (exact) mass is 489 g/mol. The van der Waals surface area contributed by atoms with Gasteiger partial charge in [0.1, 0.15) is 0 Å². The number of allylic oxidation sites excluding steroid dienone is 3. The molecular formula is C30H35NO5. The molecule has 0 fully saturated rings. The summed E-state index contributed by atoms with van der Waals surface area (Å²) >= 11 is 0. The highest BCUT2D eigenvalue weighted by atomic mass is 16.5. The maximum atomic E-state index is 13.6. The Morgan fingerprint density at radius 3 is 2.33 bits per heavy atom. The fourth-order valence-electron chi connectivity index (χ4n) is 5.88. The average molecular weight is 490 g/mol. The summed E-state index contributed by atoms with van der Waals surface area (Å²) < 4.78 is 22.6. The van der Waals surface area contributed by atoms with Gasteiger partial charge >= 0.3 is 0 Å². The lowest BCUT2D eigenvalue weighted by Gasteiger charge is -2.46. The Balaban J connectivity index is 1.70. The van der Waals surface area contributed by atoms with E-state index in [1.165, 1.54) is 5.56 Å². The zero-order valence-corrected chi connectivity index (χ0v) is 22.1. The van der Waals surface area contributed by atoms with Crippen molar-refractivity contribution in [3.8, 4) is 23.0 Å². The van der Waals surface area contributed by atoms with E-state index in [1.54, 1.807) is 21.3 Å². The average Bonchev–Trinajstić information content (AvgIpc) is 2.86. The first-order chi connectivity index (χ1) is 17.3. The van der Waals surface area contributed by atoms with Gasteiger partial charge in [-0.25, -0.2) is 0 Å². The van der Waals surface area contributed by atoms with Crippen LogP contribution in [0.5, 0.6) is 23.0 Å². The number of carbonyl (C=O) groups excluding carboxylic acids is 1. The summed E-state index contributed by atoms with van der Waals surface area (Å²) in [7, 11) is 4.98. The third kappa shape index (κ3) is 4.02. The molecule has 36 heavy (non-hydrogen) atoms. The van der Waals surface area contributed by atoms with Crippen molar-refractivity contribution < 1.29 is 23.7 Å². The van der Waals surface area contributed by atoms with E-state index in [2.05, 4.69) is 43.0 Å². The van der Waals surface area contributed by atoms with E-state index >= 15 is 0 Å². The van der Waals surface area contributed by atoms with Crippen LogP contribution in [0.1, 0.15) is 56.2 Å². The van der Waals surface area contributed by atoms with Crippen LogP contribution in [0.2, 0.25) is 0 Å². The van der Waals surface area contributed by atoms with Crippen molar-refractivity contribution in [3.63, 3.8) is 0 Å². The molecule has 2 aromatic carbocycles. The van der Waals surface area contributed by atoms with Crippen molar-refractivity contribution >= 4 is 11.5 Å². The Bertz CT molecular complexity index is 1270. The van der Waals surface area contributed by atoms with Gasteiger partial charge in [0.25, 0.3) is 0 Å². The van der Waals surface area contributed by atoms with Crippen LogP contribution < -0.4 is 18.9 Å². The van der Waals surface area contributed by atoms with Gasteiger partial charge in [-0.05, 0) is 66.6 Å². The first kappa shape index (κ1) is 24.3. The number of rotatable bonds is 6. The minimum absolute atomic E-state index is 0.0860. The molecule has 0 aromatic heterocycles. The van der Waals surface area contributed by atoms with Crippen molar-refractivity contribution in [1.29, 1.82) is 0 Å². The molecule has 0 saturated carbocycles. The van der Waals surface area contributed by atoms with Crippen LogP contribution in [0, 0.1) is 5.41 Å². The van der Waals surface area contributed by atoms with Crippen LogP contribution in [0.15, 0.2) is 47.7 Å². The molecule has 190 valence electrons. The predicted molar refractivity (Wildman–Crippen MR) is 140 cm³/mol. The molecule has 0 spiro atoms. The molecular weight excluding hydrogens is 454 g/mol. The quantitative estimate of drug-likeness (QED) is 0.515. The maximum absolute atomic E-state index is 13.6. The third-order valence-electron chi connectivity index (χ3n) is 7.49. The molecule has 0 saturated heterocycles. The third-order valence-corrected chi connectivity index (χ3v) is 7.49. The summed E-state index contributed by atoms with van der Waals surface area (Å²) in [6, 6.07) is 10.2. The lowest BCUT2D eigenvalue weighted by molar-refractivity contribution is -0.118. The number of ether oxygens (including phenoxy) is 4. The van der Waals surface area contributed by atoms with Crippen molar-refractivity contribution in [2.45, 2.75) is 46.0 Å². The molecule has 6 heteroatoms. The number of methoxy groups -OCH3 is 3. The normalized spacial score (nSPS) is 20.2. The fraction of sp³-hybridized carbons (Fsp3) is 0.433. The molecule has 1 aliphatic carbocycles. The van der Waals surface area contributed by atoms with E-state index in [0.717, 1.165) is 53.2 Å². The molecule has 2 aliphatic heterocycles. The highest BCUT2D eigenvalue weighted by Crippen LogP contribution is 2.51. The predicted octanol–water partition coefficient (Wildman–Crippen LogP) is 5.75. The number of Topliss-reactive ketones (excluding diaryl/α,β-unsaturated/α-hetero) is 1. The van der Waals surface area contributed by atoms with E-state index in [9.17, 15) is 4.79 Å². The molecule has 0 radical (unpaired) electrons. The van der Waals surface area contributed by atoms with Gasteiger partial charge in [-0.3, -0.25) is 4.79 Å². The van der Waals surface area contributed by atoms with Gasteiger partial charge < -0.3 is 23.8 Å². The molecule has 5 rings (SSSR count). The lowest BCUT2D eigenvalue weighted by atomic mass is 9.69. The summed E-state index contributed by atoms with van der Waals surface area (Å²) in [5.41, 5.74) is 6.47. The number of hydrogen-bond acceptors (Lipinski definition) is 6. The fourth-order valence-corrected chi connectivity index (χ4v) is 5.88. The number of ketones is 1. The Hall–Kier alpha value is -3.41. The summed E-state index contributed by atoms with van der Waals surface area (Å²) in [6.07, 6.45) is 4.53. The minimum Gasteiger partial charge on any atom is -0.493 e. The molecule has 2 aromatic rings. The highest BCUT2D eigenvalue weighted by molar-refractivity contribution is 6.01. The van der Waals surface area contributed by atoms with E-state index < -0.39 is 0 Å². The second kappa shape index (κ2) is 9.23. The second-order valence-electron chi connectivity index (χ2n) is 10.4. The van der Waals surface area contributed by atoms with Crippen molar-refractivity contribution in [2.75, 3.05) is 34.5 Å². The van der Waals surface area contributed by atoms with Gasteiger partial charge in [-0.15, -0.1) is 0 Å². The van der Waals surface area contributed by atoms with Crippen LogP contribution in [0.3, 0.4) is 0 Å². The first-order valence-corrected chi connectivity index (χ1v) is 12.6. The van der Waals surface area contributed by atoms with E-state index in [1.807, 2.05) is 19.1 Å². The lowest BCUT2D eigenvalue weighted by Crippen LogP contribution is -2.40. The number of carbonyl (C=O) groups is 1. The maximum Gasteiger partial charge on any atom is 0.162 e. The van der Waals surface area contributed by atoms with E-state index in [0.29, 0.717) is 30.3 Å². The smallest absolute Gasteiger partial charge is 0.162 e. The number of benzene rings is 2. The minimum atomic E-state index is -0.168. The van der Waals surface area contributed by atoms with Crippen molar-refractivity contribution in [2.24, 2.45) is 5.41 Å². The highest BCUT2D eigenvalue weighted by Gasteiger charge is 2.43. The van der Waals surface area contributed by atoms with Crippen LogP contribution in [-0.4, -0.2) is 45.2 Å². The van der Waals surface area contributed by atoms with Crippen LogP contribution in [0.25, 0.3) is 5.70 Å². The molecule has 3 aliphatic rings. The molecule has 0 amide bonds. The Morgan fingerprint density at radius 2 is 1.64 bits per heavy atom. The van der Waals surface area contributed by atoms with Gasteiger partial charge in [0.15, 0.2) is 28.8 Å². The number of hydrogen-bond donors (Lipinski definition) is 0. The van der Waals surface area contributed by atoms with E-state index in [4.69, 9.17) is 18.9 Å². The summed E-state index contributed by atoms with van der Waals surface area (Å²) in [6.45, 7) is 7.72. The summed E-state index contributed by atoms with van der Waals surface area (Å²) in [5.74, 6) is 2.89. The molecule has 6 nitrogen and oxygen atoms in total. The van der Waals surface area contributed by atoms with Crippen LogP contribution in [-0.2, 0) is 11.2 Å². The van der Waals surface area contributed by atoms with E-state index in [-0.39, 0.29) is 17.1 Å². The van der Waals surface area contributed by atoms with Crippen molar-refractivity contribution in [3.05, 3.63) is 64.4 Å². The van der Waals surface area contributed by atoms with Gasteiger partial charge in [0.05, 0.1) is 27.9 Å². The molecule has 0 N–H and O–H groups in total. The summed E-state index contributed by atoms with van der Waals surface area (Å²) in [4.78, 5) is 16.0. The number of fused-ring (bicyclic) bond motifs is 4. The summed E-state index contributed by atoms with van der Waals surface area (Å²) in [5, 5.41) is 0. The van der Waals surface area contributed by atoms with Crippen molar-refractivity contribution in [1.82, 2.24) is 4.90 Å². The first-order valence-electron chi connectivity index (χ1n) is 12.6. The molecule has 1 atom stereocenters. The standard InChI is InChI=1S/C30H35NO5/c1-7-36-25-9-8-18(12-26(25)33-4)21-14-22-20-15-28(35-6)27(34-5)13-19(20)10-11-31(22)23-16-30(2,3)17-24(32)29(21)23/h8-9,12-15,21H,7,10-11,16-17H2,1-6H3. The van der Waals surface area contributed by atoms with Crippen LogP contribution in [0.4, 0.5) is 0 Å². The largest absolute Gasteiger partial charge is 0.493 e. The van der Waals surface area contributed by atoms with Gasteiger partial charge in [-0.2, -0.15) is 0 Å². The molecule has 1 unspecified atom stereocenters. The van der Waals surface area contributed by atoms with Gasteiger partial charge in [-0.1, -0.05) is 19.9 Å².